The van der Waals surface area contributed by atoms with Crippen LogP contribution in [-0.2, 0) is 0 Å². The van der Waals surface area contributed by atoms with Crippen LogP contribution in [0.2, 0.25) is 0 Å². The lowest BCUT2D eigenvalue weighted by Crippen LogP contribution is -1.93. The van der Waals surface area contributed by atoms with E-state index < -0.39 is 0 Å². The molecule has 0 saturated heterocycles. The number of nitrogens with zero attached hydrogens (tertiary/aromatic N) is 1. The molecule has 22 heavy (non-hydrogen) atoms. The first-order chi connectivity index (χ1) is 10.6. The number of rotatable bonds is 2. The van der Waals surface area contributed by atoms with E-state index in [1.54, 1.807) is 0 Å². The fraction of sp³-hybridized carbons (Fsp3) is 0.190. The van der Waals surface area contributed by atoms with Gasteiger partial charge in [0.05, 0.1) is 5.69 Å². The second-order valence-electron chi connectivity index (χ2n) is 6.00. The third kappa shape index (κ3) is 2.67. The lowest BCUT2D eigenvalue weighted by Gasteiger charge is -2.13. The summed E-state index contributed by atoms with van der Waals surface area (Å²) in [6, 6.07) is 17.3. The lowest BCUT2D eigenvalue weighted by molar-refractivity contribution is 1.21. The monoisotopic (exact) mass is 287 g/mol. The van der Waals surface area contributed by atoms with Crippen molar-refractivity contribution in [1.29, 1.82) is 0 Å². The maximum absolute atomic E-state index is 4.63. The molecule has 0 aliphatic carbocycles. The number of benzene rings is 2. The van der Waals surface area contributed by atoms with Gasteiger partial charge >= 0.3 is 0 Å². The van der Waals surface area contributed by atoms with Crippen LogP contribution in [0.4, 0.5) is 0 Å². The third-order valence-corrected chi connectivity index (χ3v) is 4.30. The van der Waals surface area contributed by atoms with E-state index in [4.69, 9.17) is 0 Å². The Kier molecular flexibility index (Phi) is 3.81. The first-order valence-corrected chi connectivity index (χ1v) is 7.66. The summed E-state index contributed by atoms with van der Waals surface area (Å²) in [7, 11) is 0. The number of hydrogen-bond donors (Lipinski definition) is 0. The average Bonchev–Trinajstić information content (AvgIpc) is 2.51. The summed E-state index contributed by atoms with van der Waals surface area (Å²) in [4.78, 5) is 4.63. The van der Waals surface area contributed by atoms with Crippen molar-refractivity contribution in [3.63, 3.8) is 0 Å². The predicted octanol–water partition coefficient (Wildman–Crippen LogP) is 5.65. The molecule has 0 radical (unpaired) electrons. The van der Waals surface area contributed by atoms with Crippen molar-refractivity contribution < 1.29 is 0 Å². The molecule has 1 nitrogen and oxygen atoms in total. The van der Waals surface area contributed by atoms with Gasteiger partial charge < -0.3 is 0 Å². The Hall–Kier alpha value is -2.41. The molecular weight excluding hydrogens is 266 g/mol. The first-order valence-electron chi connectivity index (χ1n) is 7.66. The van der Waals surface area contributed by atoms with Gasteiger partial charge in [0, 0.05) is 11.8 Å². The van der Waals surface area contributed by atoms with Crippen molar-refractivity contribution in [2.45, 2.75) is 27.7 Å². The van der Waals surface area contributed by atoms with E-state index in [0.717, 1.165) is 5.69 Å². The zero-order valence-electron chi connectivity index (χ0n) is 13.6. The molecule has 0 amide bonds. The number of aryl methyl sites for hydroxylation is 4. The highest BCUT2D eigenvalue weighted by Crippen LogP contribution is 2.31. The Morgan fingerprint density at radius 2 is 1.32 bits per heavy atom. The minimum atomic E-state index is 1.05. The molecule has 0 saturated carbocycles. The molecule has 0 fully saturated rings. The standard InChI is InChI=1S/C21H21N/c1-14-11-21(22-13-17(14)4)20-12-19(15(2)10-16(20)3)18-8-6-5-7-9-18/h5-13H,1-4H3. The summed E-state index contributed by atoms with van der Waals surface area (Å²) in [6.45, 7) is 8.58. The van der Waals surface area contributed by atoms with Crippen LogP contribution in [0.5, 0.6) is 0 Å². The molecule has 0 N–H and O–H groups in total. The van der Waals surface area contributed by atoms with Crippen LogP contribution < -0.4 is 0 Å². The second kappa shape index (κ2) is 5.76. The van der Waals surface area contributed by atoms with Crippen LogP contribution in [0.15, 0.2) is 54.7 Å². The van der Waals surface area contributed by atoms with Crippen molar-refractivity contribution in [3.05, 3.63) is 77.0 Å². The van der Waals surface area contributed by atoms with Crippen molar-refractivity contribution in [2.75, 3.05) is 0 Å². The van der Waals surface area contributed by atoms with Gasteiger partial charge in [-0.1, -0.05) is 36.4 Å². The summed E-state index contributed by atoms with van der Waals surface area (Å²) >= 11 is 0. The molecule has 3 aromatic rings. The van der Waals surface area contributed by atoms with Gasteiger partial charge in [0.2, 0.25) is 0 Å². The first kappa shape index (κ1) is 14.5. The topological polar surface area (TPSA) is 12.9 Å². The average molecular weight is 287 g/mol. The predicted molar refractivity (Wildman–Crippen MR) is 94.1 cm³/mol. The molecule has 0 bridgehead atoms. The molecular formula is C21H21N. The van der Waals surface area contributed by atoms with Gasteiger partial charge in [-0.2, -0.15) is 0 Å². The van der Waals surface area contributed by atoms with Crippen LogP contribution in [-0.4, -0.2) is 4.98 Å². The van der Waals surface area contributed by atoms with Crippen molar-refractivity contribution >= 4 is 0 Å². The minimum Gasteiger partial charge on any atom is -0.256 e. The Morgan fingerprint density at radius 1 is 0.636 bits per heavy atom. The molecule has 1 aromatic heterocycles. The van der Waals surface area contributed by atoms with Crippen LogP contribution in [0.3, 0.4) is 0 Å². The molecule has 1 heterocycles. The quantitative estimate of drug-likeness (QED) is 0.593. The van der Waals surface area contributed by atoms with Crippen LogP contribution >= 0.6 is 0 Å². The van der Waals surface area contributed by atoms with Gasteiger partial charge in [0.1, 0.15) is 0 Å². The second-order valence-corrected chi connectivity index (χ2v) is 6.00. The van der Waals surface area contributed by atoms with Crippen molar-refractivity contribution in [2.24, 2.45) is 0 Å². The van der Waals surface area contributed by atoms with Crippen LogP contribution in [0, 0.1) is 27.7 Å². The van der Waals surface area contributed by atoms with Crippen LogP contribution in [0.1, 0.15) is 22.3 Å². The molecule has 0 aliphatic heterocycles. The smallest absolute Gasteiger partial charge is 0.0707 e. The van der Waals surface area contributed by atoms with E-state index in [9.17, 15) is 0 Å². The molecule has 1 heteroatoms. The molecule has 110 valence electrons. The summed E-state index contributed by atoms with van der Waals surface area (Å²) in [5.41, 5.74) is 9.89. The number of aromatic nitrogens is 1. The van der Waals surface area contributed by atoms with E-state index >= 15 is 0 Å². The largest absolute Gasteiger partial charge is 0.256 e. The minimum absolute atomic E-state index is 1.05. The summed E-state index contributed by atoms with van der Waals surface area (Å²) in [5, 5.41) is 0. The van der Waals surface area contributed by atoms with Gasteiger partial charge in [0.25, 0.3) is 0 Å². The highest BCUT2D eigenvalue weighted by atomic mass is 14.7. The fourth-order valence-electron chi connectivity index (χ4n) is 2.83. The van der Waals surface area contributed by atoms with Crippen molar-refractivity contribution in [3.8, 4) is 22.4 Å². The van der Waals surface area contributed by atoms with Gasteiger partial charge in [-0.3, -0.25) is 4.98 Å². The van der Waals surface area contributed by atoms with E-state index in [2.05, 4.69) is 81.2 Å². The lowest BCUT2D eigenvalue weighted by atomic mass is 9.93. The summed E-state index contributed by atoms with van der Waals surface area (Å²) < 4.78 is 0. The van der Waals surface area contributed by atoms with E-state index in [-0.39, 0.29) is 0 Å². The van der Waals surface area contributed by atoms with Crippen molar-refractivity contribution in [1.82, 2.24) is 4.98 Å². The van der Waals surface area contributed by atoms with E-state index in [1.165, 1.54) is 38.9 Å². The Balaban J connectivity index is 2.18. The molecule has 0 atom stereocenters. The zero-order chi connectivity index (χ0) is 15.7. The zero-order valence-corrected chi connectivity index (χ0v) is 13.6. The number of hydrogen-bond acceptors (Lipinski definition) is 1. The van der Waals surface area contributed by atoms with Gasteiger partial charge in [-0.15, -0.1) is 0 Å². The summed E-state index contributed by atoms with van der Waals surface area (Å²) in [5.74, 6) is 0. The highest BCUT2D eigenvalue weighted by molar-refractivity contribution is 5.76. The summed E-state index contributed by atoms with van der Waals surface area (Å²) in [6.07, 6.45) is 1.96. The van der Waals surface area contributed by atoms with E-state index in [1.807, 2.05) is 6.20 Å². The maximum atomic E-state index is 4.63. The van der Waals surface area contributed by atoms with E-state index in [0.29, 0.717) is 0 Å². The van der Waals surface area contributed by atoms with Gasteiger partial charge in [-0.25, -0.2) is 0 Å². The molecule has 0 unspecified atom stereocenters. The van der Waals surface area contributed by atoms with Gasteiger partial charge in [-0.05, 0) is 73.2 Å². The molecule has 0 spiro atoms. The number of pyridine rings is 1. The third-order valence-electron chi connectivity index (χ3n) is 4.30. The normalized spacial score (nSPS) is 10.7. The maximum Gasteiger partial charge on any atom is 0.0707 e. The Bertz CT molecular complexity index is 817. The molecule has 0 aliphatic rings. The van der Waals surface area contributed by atoms with Crippen LogP contribution in [0.25, 0.3) is 22.4 Å². The fourth-order valence-corrected chi connectivity index (χ4v) is 2.83. The SMILES string of the molecule is Cc1cnc(-c2cc(-c3ccccc3)c(C)cc2C)cc1C. The van der Waals surface area contributed by atoms with Gasteiger partial charge in [0.15, 0.2) is 0 Å². The molecule has 2 aromatic carbocycles. The highest BCUT2D eigenvalue weighted by Gasteiger charge is 2.10. The Labute approximate surface area is 132 Å². The Morgan fingerprint density at radius 3 is 2.00 bits per heavy atom. The molecule has 3 rings (SSSR count).